The number of aliphatic imine (C=N–C) groups is 1. The van der Waals surface area contributed by atoms with Gasteiger partial charge in [-0.3, -0.25) is 4.99 Å². The lowest BCUT2D eigenvalue weighted by Gasteiger charge is -2.10. The smallest absolute Gasteiger partial charge is 0.191 e. The molecule has 0 atom stereocenters. The van der Waals surface area contributed by atoms with Gasteiger partial charge in [0.05, 0.1) is 10.7 Å². The first kappa shape index (κ1) is 15.0. The van der Waals surface area contributed by atoms with E-state index in [-0.39, 0.29) is 0 Å². The van der Waals surface area contributed by atoms with Crippen molar-refractivity contribution in [3.05, 3.63) is 15.6 Å². The fourth-order valence-electron chi connectivity index (χ4n) is 1.67. The number of thiazole rings is 1. The third-order valence-electron chi connectivity index (χ3n) is 2.48. The van der Waals surface area contributed by atoms with Crippen LogP contribution in [0.1, 0.15) is 35.8 Å². The van der Waals surface area contributed by atoms with Gasteiger partial charge < -0.3 is 10.6 Å². The van der Waals surface area contributed by atoms with Gasteiger partial charge in [0.25, 0.3) is 0 Å². The maximum absolute atomic E-state index is 4.47. The first-order valence-corrected chi connectivity index (χ1v) is 7.44. The third-order valence-corrected chi connectivity index (χ3v) is 3.61. The molecule has 18 heavy (non-hydrogen) atoms. The molecule has 0 bridgehead atoms. The van der Waals surface area contributed by atoms with Crippen molar-refractivity contribution < 1.29 is 0 Å². The fraction of sp³-hybridized carbons (Fsp3) is 0.692. The lowest BCUT2D eigenvalue weighted by atomic mass is 10.3. The minimum absolute atomic E-state index is 0.869. The minimum atomic E-state index is 0.869. The Labute approximate surface area is 114 Å². The van der Waals surface area contributed by atoms with E-state index in [0.717, 1.165) is 49.1 Å². The fourth-order valence-corrected chi connectivity index (χ4v) is 2.60. The Morgan fingerprint density at radius 1 is 1.28 bits per heavy atom. The van der Waals surface area contributed by atoms with Crippen LogP contribution >= 0.6 is 11.3 Å². The van der Waals surface area contributed by atoms with E-state index in [0.29, 0.717) is 0 Å². The van der Waals surface area contributed by atoms with Gasteiger partial charge in [-0.1, -0.05) is 6.92 Å². The maximum atomic E-state index is 4.47. The normalized spacial score (nSPS) is 11.7. The summed E-state index contributed by atoms with van der Waals surface area (Å²) in [4.78, 5) is 10.3. The van der Waals surface area contributed by atoms with Crippen LogP contribution in [0.3, 0.4) is 0 Å². The molecule has 0 aliphatic heterocycles. The largest absolute Gasteiger partial charge is 0.357 e. The molecule has 0 aliphatic carbocycles. The first-order chi connectivity index (χ1) is 8.67. The second kappa shape index (κ2) is 8.08. The highest BCUT2D eigenvalue weighted by molar-refractivity contribution is 7.11. The van der Waals surface area contributed by atoms with Crippen LogP contribution < -0.4 is 10.6 Å². The lowest BCUT2D eigenvalue weighted by molar-refractivity contribution is 0.795. The molecule has 5 heteroatoms. The summed E-state index contributed by atoms with van der Waals surface area (Å²) < 4.78 is 0. The molecule has 0 aliphatic rings. The Kier molecular flexibility index (Phi) is 6.72. The van der Waals surface area contributed by atoms with Gasteiger partial charge in [-0.25, -0.2) is 4.98 Å². The molecule has 0 spiro atoms. The molecular weight excluding hydrogens is 244 g/mol. The molecule has 1 aromatic rings. The molecule has 0 radical (unpaired) electrons. The van der Waals surface area contributed by atoms with Crippen molar-refractivity contribution in [3.63, 3.8) is 0 Å². The zero-order chi connectivity index (χ0) is 13.4. The van der Waals surface area contributed by atoms with E-state index in [4.69, 9.17) is 0 Å². The van der Waals surface area contributed by atoms with E-state index in [1.807, 2.05) is 0 Å². The number of guanidine groups is 1. The molecule has 1 rings (SSSR count). The molecule has 0 fully saturated rings. The van der Waals surface area contributed by atoms with Crippen LogP contribution in [0.15, 0.2) is 4.99 Å². The molecule has 102 valence electrons. The van der Waals surface area contributed by atoms with Gasteiger partial charge >= 0.3 is 0 Å². The number of aromatic nitrogens is 1. The monoisotopic (exact) mass is 268 g/mol. The summed E-state index contributed by atoms with van der Waals surface area (Å²) in [5, 5.41) is 7.76. The van der Waals surface area contributed by atoms with Gasteiger partial charge in [0, 0.05) is 30.9 Å². The Hall–Kier alpha value is -1.10. The topological polar surface area (TPSA) is 49.3 Å². The van der Waals surface area contributed by atoms with Crippen LogP contribution in [0.2, 0.25) is 0 Å². The molecule has 1 aromatic heterocycles. The SMILES string of the molecule is CCCN=C(NCC)NCCc1sc(C)nc1C. The second-order valence-electron chi connectivity index (χ2n) is 4.18. The van der Waals surface area contributed by atoms with Gasteiger partial charge in [0.15, 0.2) is 5.96 Å². The second-order valence-corrected chi connectivity index (χ2v) is 5.47. The zero-order valence-corrected chi connectivity index (χ0v) is 12.7. The van der Waals surface area contributed by atoms with E-state index in [1.165, 1.54) is 4.88 Å². The van der Waals surface area contributed by atoms with Crippen LogP contribution in [0.25, 0.3) is 0 Å². The van der Waals surface area contributed by atoms with E-state index in [2.05, 4.69) is 48.3 Å². The number of aryl methyl sites for hydroxylation is 2. The molecule has 0 saturated carbocycles. The Morgan fingerprint density at radius 2 is 2.06 bits per heavy atom. The zero-order valence-electron chi connectivity index (χ0n) is 11.8. The first-order valence-electron chi connectivity index (χ1n) is 6.62. The molecule has 0 unspecified atom stereocenters. The predicted molar refractivity (Wildman–Crippen MR) is 79.6 cm³/mol. The molecule has 0 aromatic carbocycles. The van der Waals surface area contributed by atoms with E-state index in [9.17, 15) is 0 Å². The van der Waals surface area contributed by atoms with Gasteiger partial charge in [0.2, 0.25) is 0 Å². The number of rotatable bonds is 6. The number of hydrogen-bond acceptors (Lipinski definition) is 3. The molecule has 0 amide bonds. The summed E-state index contributed by atoms with van der Waals surface area (Å²) in [6, 6.07) is 0. The standard InChI is InChI=1S/C13H24N4S/c1-5-8-15-13(14-6-2)16-9-7-12-10(3)17-11(4)18-12/h5-9H2,1-4H3,(H2,14,15,16). The summed E-state index contributed by atoms with van der Waals surface area (Å²) in [6.45, 7) is 11.0. The van der Waals surface area contributed by atoms with E-state index in [1.54, 1.807) is 11.3 Å². The van der Waals surface area contributed by atoms with Gasteiger partial charge in [-0.15, -0.1) is 11.3 Å². The molecular formula is C13H24N4S. The minimum Gasteiger partial charge on any atom is -0.357 e. The summed E-state index contributed by atoms with van der Waals surface area (Å²) in [7, 11) is 0. The Balaban J connectivity index is 2.41. The average molecular weight is 268 g/mol. The number of nitrogens with one attached hydrogen (secondary N) is 2. The van der Waals surface area contributed by atoms with Crippen molar-refractivity contribution in [2.24, 2.45) is 4.99 Å². The molecule has 4 nitrogen and oxygen atoms in total. The predicted octanol–water partition coefficient (Wildman–Crippen LogP) is 2.27. The van der Waals surface area contributed by atoms with Crippen molar-refractivity contribution in [2.75, 3.05) is 19.6 Å². The Morgan fingerprint density at radius 3 is 2.61 bits per heavy atom. The summed E-state index contributed by atoms with van der Waals surface area (Å²) >= 11 is 1.79. The van der Waals surface area contributed by atoms with Crippen molar-refractivity contribution in [2.45, 2.75) is 40.5 Å². The van der Waals surface area contributed by atoms with Crippen LogP contribution in [0, 0.1) is 13.8 Å². The third kappa shape index (κ3) is 5.04. The van der Waals surface area contributed by atoms with Crippen LogP contribution in [0.5, 0.6) is 0 Å². The van der Waals surface area contributed by atoms with Crippen LogP contribution in [-0.4, -0.2) is 30.6 Å². The summed E-state index contributed by atoms with van der Waals surface area (Å²) in [5.74, 6) is 0.915. The summed E-state index contributed by atoms with van der Waals surface area (Å²) in [5.41, 5.74) is 1.16. The highest BCUT2D eigenvalue weighted by atomic mass is 32.1. The molecule has 0 saturated heterocycles. The van der Waals surface area contributed by atoms with Gasteiger partial charge in [0.1, 0.15) is 0 Å². The summed E-state index contributed by atoms with van der Waals surface area (Å²) in [6.07, 6.45) is 2.08. The van der Waals surface area contributed by atoms with Crippen molar-refractivity contribution in [3.8, 4) is 0 Å². The van der Waals surface area contributed by atoms with E-state index < -0.39 is 0 Å². The quantitative estimate of drug-likeness (QED) is 0.614. The van der Waals surface area contributed by atoms with Crippen LogP contribution in [0.4, 0.5) is 0 Å². The highest BCUT2D eigenvalue weighted by Crippen LogP contribution is 2.16. The van der Waals surface area contributed by atoms with Crippen LogP contribution in [-0.2, 0) is 6.42 Å². The van der Waals surface area contributed by atoms with Crippen molar-refractivity contribution in [1.29, 1.82) is 0 Å². The maximum Gasteiger partial charge on any atom is 0.191 e. The van der Waals surface area contributed by atoms with Gasteiger partial charge in [-0.05, 0) is 27.2 Å². The van der Waals surface area contributed by atoms with Crippen molar-refractivity contribution in [1.82, 2.24) is 15.6 Å². The van der Waals surface area contributed by atoms with Crippen molar-refractivity contribution >= 4 is 17.3 Å². The average Bonchev–Trinajstić information content (AvgIpc) is 2.65. The number of hydrogen-bond donors (Lipinski definition) is 2. The highest BCUT2D eigenvalue weighted by Gasteiger charge is 2.04. The Bertz CT molecular complexity index is 384. The molecule has 2 N–H and O–H groups in total. The van der Waals surface area contributed by atoms with Gasteiger partial charge in [-0.2, -0.15) is 0 Å². The number of nitrogens with zero attached hydrogens (tertiary/aromatic N) is 2. The lowest BCUT2D eigenvalue weighted by Crippen LogP contribution is -2.38. The van der Waals surface area contributed by atoms with E-state index >= 15 is 0 Å². The molecule has 1 heterocycles.